The Morgan fingerprint density at radius 1 is 0.703 bits per heavy atom. The zero-order valence-corrected chi connectivity index (χ0v) is 27.4. The molecule has 0 heterocycles. The van der Waals surface area contributed by atoms with Crippen LogP contribution in [0.15, 0.2) is 51.3 Å². The Hall–Kier alpha value is -1.33. The quantitative estimate of drug-likeness (QED) is 0.287. The van der Waals surface area contributed by atoms with Gasteiger partial charge in [-0.15, -0.1) is 0 Å². The van der Waals surface area contributed by atoms with Crippen LogP contribution in [0.4, 0.5) is 0 Å². The predicted octanol–water partition coefficient (Wildman–Crippen LogP) is 9.49. The second-order valence-corrected chi connectivity index (χ2v) is 21.3. The first-order valence-electron chi connectivity index (χ1n) is 14.7. The van der Waals surface area contributed by atoms with Gasteiger partial charge in [-0.1, -0.05) is 0 Å². The second kappa shape index (κ2) is 9.70. The fourth-order valence-corrected chi connectivity index (χ4v) is 16.1. The van der Waals surface area contributed by atoms with E-state index < -0.39 is 21.3 Å². The van der Waals surface area contributed by atoms with Crippen molar-refractivity contribution in [2.24, 2.45) is 5.41 Å². The summed E-state index contributed by atoms with van der Waals surface area (Å²) in [4.78, 5) is 0. The zero-order chi connectivity index (χ0) is 26.8. The second-order valence-electron chi connectivity index (χ2n) is 14.9. The van der Waals surface area contributed by atoms with E-state index in [4.69, 9.17) is 0 Å². The summed E-state index contributed by atoms with van der Waals surface area (Å²) in [5.41, 5.74) is 11.6. The number of hydrogen-bond donors (Lipinski definition) is 0. The molecule has 0 spiro atoms. The van der Waals surface area contributed by atoms with Gasteiger partial charge in [-0.2, -0.15) is 0 Å². The molecule has 0 bridgehead atoms. The van der Waals surface area contributed by atoms with Crippen LogP contribution >= 0.6 is 0 Å². The Morgan fingerprint density at radius 3 is 1.97 bits per heavy atom. The molecule has 1 fully saturated rings. The van der Waals surface area contributed by atoms with E-state index in [-0.39, 0.29) is 16.2 Å². The first-order valence-corrected chi connectivity index (χ1v) is 18.4. The van der Waals surface area contributed by atoms with Crippen LogP contribution in [-0.4, -0.2) is 3.21 Å². The molecule has 0 aromatic heterocycles. The summed E-state index contributed by atoms with van der Waals surface area (Å²) in [5, 5.41) is 0. The van der Waals surface area contributed by atoms with E-state index in [9.17, 15) is 0 Å². The normalized spacial score (nSPS) is 17.9. The van der Waals surface area contributed by atoms with Gasteiger partial charge in [0.2, 0.25) is 0 Å². The molecule has 2 aromatic carbocycles. The summed E-state index contributed by atoms with van der Waals surface area (Å²) in [6, 6.07) is 12.4. The molecular formula is C36H48Zr. The van der Waals surface area contributed by atoms with Crippen molar-refractivity contribution in [3.63, 3.8) is 0 Å². The van der Waals surface area contributed by atoms with Crippen LogP contribution in [-0.2, 0) is 38.5 Å². The summed E-state index contributed by atoms with van der Waals surface area (Å²) in [5.74, 6) is 0. The van der Waals surface area contributed by atoms with E-state index in [2.05, 4.69) is 105 Å². The average molecular weight is 572 g/mol. The fourth-order valence-electron chi connectivity index (χ4n) is 6.67. The van der Waals surface area contributed by atoms with Crippen molar-refractivity contribution in [3.8, 4) is 11.1 Å². The third-order valence-corrected chi connectivity index (χ3v) is 16.9. The molecule has 5 rings (SSSR count). The van der Waals surface area contributed by atoms with Crippen LogP contribution in [0.1, 0.15) is 123 Å². The predicted molar refractivity (Wildman–Crippen MR) is 160 cm³/mol. The number of allylic oxidation sites excluding steroid dienone is 4. The van der Waals surface area contributed by atoms with Crippen LogP contribution in [0.5, 0.6) is 0 Å². The number of benzene rings is 2. The van der Waals surface area contributed by atoms with Gasteiger partial charge in [-0.25, -0.2) is 0 Å². The molecule has 0 aliphatic heterocycles. The number of fused-ring (bicyclic) bond motifs is 3. The summed E-state index contributed by atoms with van der Waals surface area (Å²) in [6.45, 7) is 21.6. The maximum atomic E-state index is 2.68. The molecule has 0 N–H and O–H groups in total. The van der Waals surface area contributed by atoms with Gasteiger partial charge >= 0.3 is 236 Å². The molecule has 0 nitrogen and oxygen atoms in total. The van der Waals surface area contributed by atoms with Crippen molar-refractivity contribution in [3.05, 3.63) is 73.6 Å². The molecule has 1 heteroatoms. The van der Waals surface area contributed by atoms with Crippen LogP contribution in [0.3, 0.4) is 0 Å². The van der Waals surface area contributed by atoms with E-state index in [1.54, 1.807) is 22.3 Å². The zero-order valence-electron chi connectivity index (χ0n) is 25.0. The molecule has 1 saturated carbocycles. The molecule has 0 atom stereocenters. The Morgan fingerprint density at radius 2 is 1.38 bits per heavy atom. The van der Waals surface area contributed by atoms with E-state index in [0.717, 1.165) is 6.42 Å². The van der Waals surface area contributed by atoms with Crippen molar-refractivity contribution in [1.82, 2.24) is 0 Å². The van der Waals surface area contributed by atoms with Gasteiger partial charge in [0.15, 0.2) is 0 Å². The summed E-state index contributed by atoms with van der Waals surface area (Å²) in [6.07, 6.45) is 14.6. The Balaban J connectivity index is 1.75. The van der Waals surface area contributed by atoms with Gasteiger partial charge in [0.25, 0.3) is 0 Å². The molecule has 0 unspecified atom stereocenters. The van der Waals surface area contributed by atoms with E-state index >= 15 is 0 Å². The van der Waals surface area contributed by atoms with Crippen LogP contribution in [0.2, 0.25) is 0 Å². The van der Waals surface area contributed by atoms with E-state index in [0.29, 0.717) is 0 Å². The van der Waals surface area contributed by atoms with Crippen LogP contribution in [0, 0.1) is 5.41 Å². The SMILES string of the molecule is CC(C)(C)C1=CC[C]([Zr](=[C]2CCCCC2)[c]2c(C(C)(C)C)ccc3c2Cc2cc(C(C)(C)C)ccc2-3)=C1. The van der Waals surface area contributed by atoms with Crippen LogP contribution < -0.4 is 3.27 Å². The van der Waals surface area contributed by atoms with Crippen molar-refractivity contribution in [1.29, 1.82) is 0 Å². The molecule has 0 saturated heterocycles. The summed E-state index contributed by atoms with van der Waals surface area (Å²) >= 11 is -2.27. The Labute approximate surface area is 234 Å². The van der Waals surface area contributed by atoms with Crippen LogP contribution in [0.25, 0.3) is 11.1 Å². The van der Waals surface area contributed by atoms with Crippen molar-refractivity contribution in [2.75, 3.05) is 0 Å². The minimum atomic E-state index is -2.27. The maximum absolute atomic E-state index is 2.68. The molecule has 0 amide bonds. The first-order chi connectivity index (χ1) is 17.2. The van der Waals surface area contributed by atoms with Crippen molar-refractivity contribution in [2.45, 2.75) is 118 Å². The molecular weight excluding hydrogens is 524 g/mol. The fraction of sp³-hybridized carbons (Fsp3) is 0.528. The molecule has 0 radical (unpaired) electrons. The van der Waals surface area contributed by atoms with Crippen molar-refractivity contribution < 1.29 is 21.3 Å². The molecule has 196 valence electrons. The van der Waals surface area contributed by atoms with Gasteiger partial charge in [-0.3, -0.25) is 0 Å². The number of rotatable bonds is 2. The third kappa shape index (κ3) is 5.29. The summed E-state index contributed by atoms with van der Waals surface area (Å²) in [7, 11) is 0. The standard InChI is InChI=1S/C21H25.C9H13.C6H10.Zr/c1-20(2,3)16-7-9-18-14(12-16)11-15-13-17(21(4,5)6)8-10-19(15)18;1-9(2,3)8-6-4-5-7-8;1-2-4-6-5-3-1;/h7-10,12H,11H2,1-6H3;6-7H,4H2,1-3H3;1-5H2;. The monoisotopic (exact) mass is 570 g/mol. The molecule has 2 aromatic rings. The van der Waals surface area contributed by atoms with Gasteiger partial charge in [-0.05, 0) is 0 Å². The summed E-state index contributed by atoms with van der Waals surface area (Å²) < 4.78 is 5.69. The van der Waals surface area contributed by atoms with Gasteiger partial charge in [0.05, 0.1) is 0 Å². The van der Waals surface area contributed by atoms with E-state index in [1.807, 2.05) is 9.76 Å². The van der Waals surface area contributed by atoms with Gasteiger partial charge < -0.3 is 0 Å². The van der Waals surface area contributed by atoms with Gasteiger partial charge in [0, 0.05) is 0 Å². The van der Waals surface area contributed by atoms with Crippen molar-refractivity contribution >= 4 is 6.48 Å². The molecule has 3 aliphatic carbocycles. The number of hydrogen-bond acceptors (Lipinski definition) is 0. The minimum absolute atomic E-state index is 0.163. The molecule has 37 heavy (non-hydrogen) atoms. The van der Waals surface area contributed by atoms with Gasteiger partial charge in [0.1, 0.15) is 0 Å². The third-order valence-electron chi connectivity index (χ3n) is 8.87. The first kappa shape index (κ1) is 27.2. The van der Waals surface area contributed by atoms with E-state index in [1.165, 1.54) is 55.2 Å². The topological polar surface area (TPSA) is 0 Å². The molecule has 3 aliphatic rings. The Bertz CT molecular complexity index is 1310. The Kier molecular flexibility index (Phi) is 7.14. The average Bonchev–Trinajstić information content (AvgIpc) is 3.44.